The van der Waals surface area contributed by atoms with Gasteiger partial charge in [0.25, 0.3) is 0 Å². The molecule has 1 saturated heterocycles. The summed E-state index contributed by atoms with van der Waals surface area (Å²) in [5.74, 6) is 0.623. The van der Waals surface area contributed by atoms with E-state index in [0.29, 0.717) is 23.9 Å². The van der Waals surface area contributed by atoms with Crippen molar-refractivity contribution in [3.05, 3.63) is 11.6 Å². The molecule has 24 heavy (non-hydrogen) atoms. The zero-order valence-electron chi connectivity index (χ0n) is 14.0. The molecule has 2 aliphatic rings. The molecule has 7 heteroatoms. The molecule has 1 saturated carbocycles. The van der Waals surface area contributed by atoms with Crippen molar-refractivity contribution in [2.24, 2.45) is 11.3 Å². The Balaban J connectivity index is 1.54. The Morgan fingerprint density at radius 2 is 1.96 bits per heavy atom. The van der Waals surface area contributed by atoms with E-state index in [1.54, 1.807) is 6.20 Å². The highest BCUT2D eigenvalue weighted by atomic mass is 32.1. The van der Waals surface area contributed by atoms with Crippen molar-refractivity contribution in [2.75, 3.05) is 25.0 Å². The molecule has 0 unspecified atom stereocenters. The number of rotatable bonds is 7. The van der Waals surface area contributed by atoms with Gasteiger partial charge < -0.3 is 16.0 Å². The van der Waals surface area contributed by atoms with Crippen LogP contribution >= 0.6 is 11.3 Å². The monoisotopic (exact) mass is 350 g/mol. The predicted octanol–water partition coefficient (Wildman–Crippen LogP) is 2.15. The first-order valence-electron chi connectivity index (χ1n) is 8.82. The fourth-order valence-electron chi connectivity index (χ4n) is 3.66. The molecule has 1 aromatic heterocycles. The van der Waals surface area contributed by atoms with Crippen LogP contribution in [0, 0.1) is 11.3 Å². The van der Waals surface area contributed by atoms with Gasteiger partial charge in [-0.1, -0.05) is 19.3 Å². The molecule has 0 radical (unpaired) electrons. The first-order valence-corrected chi connectivity index (χ1v) is 9.70. The number of anilines is 1. The summed E-state index contributed by atoms with van der Waals surface area (Å²) in [5, 5.41) is 11.6. The first-order chi connectivity index (χ1) is 11.7. The number of nitrogens with one attached hydrogen (secondary N) is 3. The highest BCUT2D eigenvalue weighted by molar-refractivity contribution is 7.13. The molecule has 0 aromatic carbocycles. The lowest BCUT2D eigenvalue weighted by atomic mass is 9.69. The number of carbonyl (C=O) groups is 2. The maximum Gasteiger partial charge on any atom is 0.226 e. The lowest BCUT2D eigenvalue weighted by molar-refractivity contribution is -0.126. The minimum Gasteiger partial charge on any atom is -0.356 e. The maximum absolute atomic E-state index is 12.4. The third-order valence-electron chi connectivity index (χ3n) is 5.12. The molecule has 1 aliphatic heterocycles. The van der Waals surface area contributed by atoms with Gasteiger partial charge in [0.2, 0.25) is 11.8 Å². The molecule has 3 rings (SSSR count). The number of hydrogen-bond donors (Lipinski definition) is 3. The van der Waals surface area contributed by atoms with Gasteiger partial charge in [0.05, 0.1) is 0 Å². The maximum atomic E-state index is 12.4. The summed E-state index contributed by atoms with van der Waals surface area (Å²) in [6.07, 6.45) is 7.86. The number of carbonyl (C=O) groups excluding carboxylic acids is 2. The van der Waals surface area contributed by atoms with Gasteiger partial charge in [0, 0.05) is 50.0 Å². The summed E-state index contributed by atoms with van der Waals surface area (Å²) in [6.45, 7) is 2.72. The highest BCUT2D eigenvalue weighted by Gasteiger charge is 2.36. The number of thiazole rings is 1. The Bertz CT molecular complexity index is 551. The molecule has 2 heterocycles. The summed E-state index contributed by atoms with van der Waals surface area (Å²) in [6, 6.07) is 0. The van der Waals surface area contributed by atoms with Crippen molar-refractivity contribution >= 4 is 28.3 Å². The van der Waals surface area contributed by atoms with Crippen molar-refractivity contribution in [1.29, 1.82) is 0 Å². The smallest absolute Gasteiger partial charge is 0.226 e. The number of amides is 2. The Hall–Kier alpha value is -1.47. The van der Waals surface area contributed by atoms with Crippen LogP contribution in [0.2, 0.25) is 0 Å². The summed E-state index contributed by atoms with van der Waals surface area (Å²) in [5.41, 5.74) is -0.193. The standard InChI is InChI=1S/C17H26N4O2S/c22-14(20-12-13-10-18-11-13)8-17(4-2-1-3-5-17)9-15(23)21-16-19-6-7-24-16/h6-7,13,18H,1-5,8-12H2,(H,20,22)(H,19,21,23). The van der Waals surface area contributed by atoms with Crippen LogP contribution in [0.25, 0.3) is 0 Å². The molecule has 0 bridgehead atoms. The van der Waals surface area contributed by atoms with Gasteiger partial charge in [-0.2, -0.15) is 0 Å². The Morgan fingerprint density at radius 1 is 1.21 bits per heavy atom. The Kier molecular flexibility index (Phi) is 5.84. The predicted molar refractivity (Wildman–Crippen MR) is 94.9 cm³/mol. The van der Waals surface area contributed by atoms with E-state index in [9.17, 15) is 9.59 Å². The molecule has 0 spiro atoms. The van der Waals surface area contributed by atoms with E-state index in [0.717, 1.165) is 45.3 Å². The quantitative estimate of drug-likeness (QED) is 0.704. The average Bonchev–Trinajstić information content (AvgIpc) is 2.99. The summed E-state index contributed by atoms with van der Waals surface area (Å²) >= 11 is 1.42. The largest absolute Gasteiger partial charge is 0.356 e. The van der Waals surface area contributed by atoms with E-state index in [1.165, 1.54) is 17.8 Å². The lowest BCUT2D eigenvalue weighted by Crippen LogP contribution is -2.48. The topological polar surface area (TPSA) is 83.1 Å². The molecule has 2 fully saturated rings. The van der Waals surface area contributed by atoms with Gasteiger partial charge in [-0.25, -0.2) is 4.98 Å². The van der Waals surface area contributed by atoms with Crippen LogP contribution in [-0.2, 0) is 9.59 Å². The molecule has 132 valence electrons. The number of nitrogens with zero attached hydrogens (tertiary/aromatic N) is 1. The van der Waals surface area contributed by atoms with E-state index in [4.69, 9.17) is 0 Å². The van der Waals surface area contributed by atoms with Gasteiger partial charge in [-0.15, -0.1) is 11.3 Å². The van der Waals surface area contributed by atoms with Crippen LogP contribution in [-0.4, -0.2) is 36.4 Å². The fourth-order valence-corrected chi connectivity index (χ4v) is 4.21. The van der Waals surface area contributed by atoms with Crippen LogP contribution in [0.5, 0.6) is 0 Å². The SMILES string of the molecule is O=C(CC1(CC(=O)Nc2nccs2)CCCCC1)NCC1CNC1. The third kappa shape index (κ3) is 4.77. The van der Waals surface area contributed by atoms with E-state index in [-0.39, 0.29) is 17.2 Å². The van der Waals surface area contributed by atoms with Crippen molar-refractivity contribution in [3.8, 4) is 0 Å². The minimum absolute atomic E-state index is 0.0251. The molecule has 1 aliphatic carbocycles. The Morgan fingerprint density at radius 3 is 2.58 bits per heavy atom. The summed E-state index contributed by atoms with van der Waals surface area (Å²) in [7, 11) is 0. The fraction of sp³-hybridized carbons (Fsp3) is 0.706. The van der Waals surface area contributed by atoms with Crippen LogP contribution in [0.4, 0.5) is 5.13 Å². The van der Waals surface area contributed by atoms with Crippen molar-refractivity contribution in [2.45, 2.75) is 44.9 Å². The van der Waals surface area contributed by atoms with Crippen LogP contribution < -0.4 is 16.0 Å². The molecular formula is C17H26N4O2S. The van der Waals surface area contributed by atoms with Crippen molar-refractivity contribution in [1.82, 2.24) is 15.6 Å². The van der Waals surface area contributed by atoms with Crippen LogP contribution in [0.1, 0.15) is 44.9 Å². The van der Waals surface area contributed by atoms with Crippen molar-refractivity contribution < 1.29 is 9.59 Å². The van der Waals surface area contributed by atoms with Crippen molar-refractivity contribution in [3.63, 3.8) is 0 Å². The van der Waals surface area contributed by atoms with E-state index >= 15 is 0 Å². The van der Waals surface area contributed by atoms with E-state index < -0.39 is 0 Å². The summed E-state index contributed by atoms with van der Waals surface area (Å²) < 4.78 is 0. The Labute approximate surface area is 146 Å². The second-order valence-corrected chi connectivity index (χ2v) is 8.02. The van der Waals surface area contributed by atoms with E-state index in [2.05, 4.69) is 20.9 Å². The number of hydrogen-bond acceptors (Lipinski definition) is 5. The number of aromatic nitrogens is 1. The lowest BCUT2D eigenvalue weighted by Gasteiger charge is -2.36. The third-order valence-corrected chi connectivity index (χ3v) is 5.81. The molecule has 6 nitrogen and oxygen atoms in total. The second kappa shape index (κ2) is 8.07. The molecule has 1 aromatic rings. The molecular weight excluding hydrogens is 324 g/mol. The zero-order chi connectivity index (χ0) is 16.8. The first kappa shape index (κ1) is 17.4. The summed E-state index contributed by atoms with van der Waals surface area (Å²) in [4.78, 5) is 28.9. The van der Waals surface area contributed by atoms with Gasteiger partial charge in [-0.3, -0.25) is 9.59 Å². The van der Waals surface area contributed by atoms with Gasteiger partial charge in [-0.05, 0) is 18.3 Å². The van der Waals surface area contributed by atoms with Crippen LogP contribution in [0.3, 0.4) is 0 Å². The minimum atomic E-state index is -0.193. The molecule has 2 amide bonds. The molecule has 3 N–H and O–H groups in total. The average molecular weight is 350 g/mol. The van der Waals surface area contributed by atoms with Gasteiger partial charge in [0.1, 0.15) is 0 Å². The second-order valence-electron chi connectivity index (χ2n) is 7.13. The highest BCUT2D eigenvalue weighted by Crippen LogP contribution is 2.42. The van der Waals surface area contributed by atoms with E-state index in [1.807, 2.05) is 5.38 Å². The zero-order valence-corrected chi connectivity index (χ0v) is 14.8. The van der Waals surface area contributed by atoms with Gasteiger partial charge in [0.15, 0.2) is 5.13 Å². The van der Waals surface area contributed by atoms with Gasteiger partial charge >= 0.3 is 0 Å². The van der Waals surface area contributed by atoms with Crippen LogP contribution in [0.15, 0.2) is 11.6 Å². The normalized spacial score (nSPS) is 20.2. The molecule has 0 atom stereocenters.